The number of aryl methyl sites for hydroxylation is 1. The first-order chi connectivity index (χ1) is 16.4. The minimum atomic E-state index is -0.567. The van der Waals surface area contributed by atoms with E-state index >= 15 is 0 Å². The van der Waals surface area contributed by atoms with Crippen molar-refractivity contribution in [2.45, 2.75) is 13.0 Å². The number of rotatable bonds is 4. The quantitative estimate of drug-likeness (QED) is 0.469. The van der Waals surface area contributed by atoms with E-state index in [2.05, 4.69) is 15.0 Å². The standard InChI is InChI=1S/C24H21ClFN5O3/c1-13-28-18-11-20(31-7-8-34-19(12-31)14-5-6-27-21(9-14)33-2)30-23(22(18)24(32)29-13)16-4-3-15(25)10-17(16)26/h3-6,9-11,19H,7-8,12H2,1-2H3,(H,28,29,32)/t19-/m1/s1. The first-order valence-electron chi connectivity index (χ1n) is 10.7. The van der Waals surface area contributed by atoms with Gasteiger partial charge in [-0.3, -0.25) is 4.79 Å². The Labute approximate surface area is 199 Å². The zero-order valence-electron chi connectivity index (χ0n) is 18.5. The molecule has 0 aliphatic carbocycles. The summed E-state index contributed by atoms with van der Waals surface area (Å²) in [5, 5.41) is 0.479. The smallest absolute Gasteiger partial charge is 0.260 e. The van der Waals surface area contributed by atoms with Crippen LogP contribution in [0.25, 0.3) is 22.2 Å². The second kappa shape index (κ2) is 9.00. The largest absolute Gasteiger partial charge is 0.481 e. The molecule has 1 N–H and O–H groups in total. The third-order valence-electron chi connectivity index (χ3n) is 5.71. The van der Waals surface area contributed by atoms with E-state index in [-0.39, 0.29) is 33.3 Å². The molecule has 3 aromatic heterocycles. The van der Waals surface area contributed by atoms with Crippen molar-refractivity contribution in [3.05, 3.63) is 75.2 Å². The Kier molecular flexibility index (Phi) is 5.89. The summed E-state index contributed by atoms with van der Waals surface area (Å²) in [5.41, 5.74) is 1.37. The summed E-state index contributed by atoms with van der Waals surface area (Å²) in [6, 6.07) is 9.76. The van der Waals surface area contributed by atoms with Gasteiger partial charge in [-0.2, -0.15) is 0 Å². The van der Waals surface area contributed by atoms with Gasteiger partial charge in [0, 0.05) is 42.0 Å². The maximum absolute atomic E-state index is 14.9. The number of nitrogens with one attached hydrogen (secondary N) is 1. The average Bonchev–Trinajstić information content (AvgIpc) is 2.83. The number of H-pyrrole nitrogens is 1. The first kappa shape index (κ1) is 22.2. The van der Waals surface area contributed by atoms with Crippen LogP contribution in [0.2, 0.25) is 5.02 Å². The van der Waals surface area contributed by atoms with Crippen LogP contribution >= 0.6 is 11.6 Å². The number of aromatic amines is 1. The van der Waals surface area contributed by atoms with Crippen LogP contribution in [0.4, 0.5) is 10.2 Å². The molecule has 1 aliphatic heterocycles. The van der Waals surface area contributed by atoms with Crippen molar-refractivity contribution in [1.29, 1.82) is 0 Å². The fourth-order valence-corrected chi connectivity index (χ4v) is 4.26. The zero-order chi connectivity index (χ0) is 23.8. The Bertz CT molecular complexity index is 1440. The van der Waals surface area contributed by atoms with Gasteiger partial charge in [0.25, 0.3) is 5.56 Å². The van der Waals surface area contributed by atoms with E-state index < -0.39 is 5.82 Å². The van der Waals surface area contributed by atoms with E-state index in [4.69, 9.17) is 26.1 Å². The number of ether oxygens (including phenoxy) is 2. The molecule has 1 aliphatic rings. The van der Waals surface area contributed by atoms with Gasteiger partial charge in [-0.25, -0.2) is 19.3 Å². The summed E-state index contributed by atoms with van der Waals surface area (Å²) in [6.07, 6.45) is 1.43. The molecular weight excluding hydrogens is 461 g/mol. The lowest BCUT2D eigenvalue weighted by atomic mass is 10.1. The lowest BCUT2D eigenvalue weighted by molar-refractivity contribution is 0.0393. The number of pyridine rings is 2. The van der Waals surface area contributed by atoms with Crippen molar-refractivity contribution in [3.63, 3.8) is 0 Å². The normalized spacial score (nSPS) is 16.1. The van der Waals surface area contributed by atoms with Crippen molar-refractivity contribution < 1.29 is 13.9 Å². The Morgan fingerprint density at radius 3 is 2.88 bits per heavy atom. The van der Waals surface area contributed by atoms with Crippen LogP contribution in [0.5, 0.6) is 5.88 Å². The molecule has 0 saturated carbocycles. The van der Waals surface area contributed by atoms with Gasteiger partial charge in [0.15, 0.2) is 0 Å². The molecule has 0 unspecified atom stereocenters. The monoisotopic (exact) mass is 481 g/mol. The topological polar surface area (TPSA) is 93.2 Å². The van der Waals surface area contributed by atoms with Gasteiger partial charge in [0.1, 0.15) is 23.6 Å². The highest BCUT2D eigenvalue weighted by molar-refractivity contribution is 6.30. The minimum absolute atomic E-state index is 0.177. The van der Waals surface area contributed by atoms with Crippen molar-refractivity contribution in [2.24, 2.45) is 0 Å². The highest BCUT2D eigenvalue weighted by atomic mass is 35.5. The molecule has 0 bridgehead atoms. The number of morpholine rings is 1. The number of methoxy groups -OCH3 is 1. The minimum Gasteiger partial charge on any atom is -0.481 e. The zero-order valence-corrected chi connectivity index (χ0v) is 19.3. The van der Waals surface area contributed by atoms with Crippen LogP contribution in [-0.2, 0) is 4.74 Å². The summed E-state index contributed by atoms with van der Waals surface area (Å²) in [7, 11) is 1.56. The predicted octanol–water partition coefficient (Wildman–Crippen LogP) is 4.07. The molecule has 1 atom stereocenters. The number of benzene rings is 1. The molecule has 1 saturated heterocycles. The van der Waals surface area contributed by atoms with E-state index in [0.29, 0.717) is 42.7 Å². The average molecular weight is 482 g/mol. The number of nitrogens with zero attached hydrogens (tertiary/aromatic N) is 4. The summed E-state index contributed by atoms with van der Waals surface area (Å²) < 4.78 is 26.1. The van der Waals surface area contributed by atoms with Crippen molar-refractivity contribution >= 4 is 28.3 Å². The van der Waals surface area contributed by atoms with Crippen molar-refractivity contribution in [2.75, 3.05) is 31.7 Å². The molecule has 4 heterocycles. The lowest BCUT2D eigenvalue weighted by Gasteiger charge is -2.34. The fraction of sp³-hybridized carbons (Fsp3) is 0.250. The Hall–Kier alpha value is -3.56. The highest BCUT2D eigenvalue weighted by Crippen LogP contribution is 2.33. The molecule has 34 heavy (non-hydrogen) atoms. The molecular formula is C24H21ClFN5O3. The van der Waals surface area contributed by atoms with Crippen LogP contribution in [0.15, 0.2) is 47.4 Å². The van der Waals surface area contributed by atoms with Gasteiger partial charge < -0.3 is 19.4 Å². The summed E-state index contributed by atoms with van der Waals surface area (Å²) in [5.74, 6) is 0.966. The first-order valence-corrected chi connectivity index (χ1v) is 11.0. The maximum Gasteiger partial charge on any atom is 0.260 e. The van der Waals surface area contributed by atoms with Crippen LogP contribution in [0.1, 0.15) is 17.5 Å². The molecule has 174 valence electrons. The second-order valence-electron chi connectivity index (χ2n) is 7.94. The van der Waals surface area contributed by atoms with Crippen LogP contribution < -0.4 is 15.2 Å². The van der Waals surface area contributed by atoms with Gasteiger partial charge in [-0.1, -0.05) is 11.6 Å². The third-order valence-corrected chi connectivity index (χ3v) is 5.95. The van der Waals surface area contributed by atoms with Crippen molar-refractivity contribution in [3.8, 4) is 17.1 Å². The molecule has 0 radical (unpaired) electrons. The maximum atomic E-state index is 14.9. The number of fused-ring (bicyclic) bond motifs is 1. The summed E-state index contributed by atoms with van der Waals surface area (Å²) in [4.78, 5) is 30.9. The van der Waals surface area contributed by atoms with Gasteiger partial charge >= 0.3 is 0 Å². The number of aromatic nitrogens is 4. The lowest BCUT2D eigenvalue weighted by Crippen LogP contribution is -2.39. The van der Waals surface area contributed by atoms with E-state index in [9.17, 15) is 9.18 Å². The molecule has 8 nitrogen and oxygen atoms in total. The predicted molar refractivity (Wildman–Crippen MR) is 127 cm³/mol. The van der Waals surface area contributed by atoms with Gasteiger partial charge in [0.05, 0.1) is 30.3 Å². The number of hydrogen-bond acceptors (Lipinski definition) is 7. The van der Waals surface area contributed by atoms with E-state index in [1.807, 2.05) is 17.0 Å². The Balaban J connectivity index is 1.61. The summed E-state index contributed by atoms with van der Waals surface area (Å²) >= 11 is 5.95. The van der Waals surface area contributed by atoms with Gasteiger partial charge in [-0.15, -0.1) is 0 Å². The molecule has 1 fully saturated rings. The molecule has 0 amide bonds. The third kappa shape index (κ3) is 4.20. The van der Waals surface area contributed by atoms with E-state index in [0.717, 1.165) is 5.56 Å². The number of hydrogen-bond donors (Lipinski definition) is 1. The second-order valence-corrected chi connectivity index (χ2v) is 8.37. The molecule has 5 rings (SSSR count). The van der Waals surface area contributed by atoms with Gasteiger partial charge in [-0.05, 0) is 36.8 Å². The SMILES string of the molecule is COc1cc([C@H]2CN(c3cc4nc(C)[nH]c(=O)c4c(-c4ccc(Cl)cc4F)n3)CCO2)ccn1. The van der Waals surface area contributed by atoms with Crippen molar-refractivity contribution in [1.82, 2.24) is 19.9 Å². The molecule has 1 aromatic carbocycles. The van der Waals surface area contributed by atoms with E-state index in [1.165, 1.54) is 12.1 Å². The Morgan fingerprint density at radius 2 is 2.09 bits per heavy atom. The van der Waals surface area contributed by atoms with E-state index in [1.54, 1.807) is 32.4 Å². The van der Waals surface area contributed by atoms with Crippen LogP contribution in [-0.4, -0.2) is 46.7 Å². The van der Waals surface area contributed by atoms with Crippen LogP contribution in [0, 0.1) is 12.7 Å². The van der Waals surface area contributed by atoms with Crippen LogP contribution in [0.3, 0.4) is 0 Å². The number of anilines is 1. The highest BCUT2D eigenvalue weighted by Gasteiger charge is 2.26. The molecule has 4 aromatic rings. The molecule has 0 spiro atoms. The van der Waals surface area contributed by atoms with Gasteiger partial charge in [0.2, 0.25) is 5.88 Å². The fourth-order valence-electron chi connectivity index (χ4n) is 4.10. The molecule has 10 heteroatoms. The number of halogens is 2. The Morgan fingerprint density at radius 1 is 1.24 bits per heavy atom. The summed E-state index contributed by atoms with van der Waals surface area (Å²) in [6.45, 7) is 3.23.